The van der Waals surface area contributed by atoms with Crippen molar-refractivity contribution in [3.63, 3.8) is 0 Å². The van der Waals surface area contributed by atoms with Gasteiger partial charge in [0.25, 0.3) is 0 Å². The first-order chi connectivity index (χ1) is 12.7. The van der Waals surface area contributed by atoms with Crippen molar-refractivity contribution < 1.29 is 19.1 Å². The molecule has 1 aliphatic heterocycles. The van der Waals surface area contributed by atoms with Crippen molar-refractivity contribution in [2.75, 3.05) is 13.2 Å². The molecule has 0 aromatic heterocycles. The summed E-state index contributed by atoms with van der Waals surface area (Å²) in [6.07, 6.45) is 1.83. The molecular weight excluding hydrogens is 328 g/mol. The molecule has 4 heteroatoms. The summed E-state index contributed by atoms with van der Waals surface area (Å²) >= 11 is 0. The Morgan fingerprint density at radius 1 is 0.769 bits per heavy atom. The molecule has 4 rings (SSSR count). The molecule has 0 spiro atoms. The van der Waals surface area contributed by atoms with E-state index in [2.05, 4.69) is 6.58 Å². The number of ether oxygens (including phenoxy) is 2. The second-order valence-electron chi connectivity index (χ2n) is 5.60. The molecule has 0 N–H and O–H groups in total. The smallest absolute Gasteiger partial charge is 0.339 e. The molecular formula is C22H18O4. The monoisotopic (exact) mass is 346 g/mol. The van der Waals surface area contributed by atoms with Crippen LogP contribution in [0.3, 0.4) is 0 Å². The van der Waals surface area contributed by atoms with E-state index in [0.29, 0.717) is 5.39 Å². The van der Waals surface area contributed by atoms with E-state index < -0.39 is 11.9 Å². The maximum absolute atomic E-state index is 12.0. The Labute approximate surface area is 151 Å². The van der Waals surface area contributed by atoms with E-state index in [9.17, 15) is 9.59 Å². The molecule has 0 atom stereocenters. The number of rotatable bonds is 1. The molecule has 0 radical (unpaired) electrons. The Kier molecular flexibility index (Phi) is 5.44. The number of benzene rings is 3. The highest BCUT2D eigenvalue weighted by Crippen LogP contribution is 2.25. The third-order valence-corrected chi connectivity index (χ3v) is 3.94. The van der Waals surface area contributed by atoms with Gasteiger partial charge in [-0.2, -0.15) is 0 Å². The van der Waals surface area contributed by atoms with Crippen LogP contribution in [0.5, 0.6) is 0 Å². The van der Waals surface area contributed by atoms with E-state index >= 15 is 0 Å². The molecule has 0 bridgehead atoms. The van der Waals surface area contributed by atoms with Crippen molar-refractivity contribution in [2.24, 2.45) is 0 Å². The second-order valence-corrected chi connectivity index (χ2v) is 5.60. The molecule has 3 aromatic rings. The Balaban J connectivity index is 0.000000206. The lowest BCUT2D eigenvalue weighted by atomic mass is 9.99. The fourth-order valence-corrected chi connectivity index (χ4v) is 2.67. The average Bonchev–Trinajstić information content (AvgIpc) is 2.70. The zero-order chi connectivity index (χ0) is 18.4. The van der Waals surface area contributed by atoms with E-state index in [1.54, 1.807) is 18.2 Å². The summed E-state index contributed by atoms with van der Waals surface area (Å²) in [4.78, 5) is 23.8. The van der Waals surface area contributed by atoms with Crippen LogP contribution in [-0.2, 0) is 9.47 Å². The summed E-state index contributed by atoms with van der Waals surface area (Å²) in [6.45, 7) is 3.82. The van der Waals surface area contributed by atoms with E-state index in [4.69, 9.17) is 9.47 Å². The van der Waals surface area contributed by atoms with Crippen molar-refractivity contribution in [3.05, 3.63) is 90.0 Å². The minimum atomic E-state index is -0.479. The van der Waals surface area contributed by atoms with Gasteiger partial charge in [0.1, 0.15) is 13.2 Å². The zero-order valence-electron chi connectivity index (χ0n) is 14.2. The van der Waals surface area contributed by atoms with Crippen molar-refractivity contribution >= 4 is 28.8 Å². The molecule has 3 aromatic carbocycles. The van der Waals surface area contributed by atoms with Gasteiger partial charge >= 0.3 is 11.9 Å². The molecule has 0 unspecified atom stereocenters. The van der Waals surface area contributed by atoms with Crippen molar-refractivity contribution in [1.82, 2.24) is 0 Å². The Hall–Kier alpha value is -3.40. The van der Waals surface area contributed by atoms with Crippen LogP contribution in [-0.4, -0.2) is 25.2 Å². The maximum atomic E-state index is 12.0. The topological polar surface area (TPSA) is 52.6 Å². The Bertz CT molecular complexity index is 945. The van der Waals surface area contributed by atoms with E-state index in [-0.39, 0.29) is 24.3 Å². The van der Waals surface area contributed by atoms with Crippen molar-refractivity contribution in [1.29, 1.82) is 0 Å². The molecule has 0 saturated carbocycles. The summed E-state index contributed by atoms with van der Waals surface area (Å²) in [5.41, 5.74) is 1.73. The van der Waals surface area contributed by atoms with Gasteiger partial charge in [-0.25, -0.2) is 9.59 Å². The number of esters is 2. The first-order valence-corrected chi connectivity index (χ1v) is 8.24. The van der Waals surface area contributed by atoms with Gasteiger partial charge in [0.05, 0.1) is 11.1 Å². The van der Waals surface area contributed by atoms with Crippen LogP contribution in [0.2, 0.25) is 0 Å². The van der Waals surface area contributed by atoms with Crippen LogP contribution in [0, 0.1) is 0 Å². The van der Waals surface area contributed by atoms with Crippen LogP contribution < -0.4 is 0 Å². The van der Waals surface area contributed by atoms with Crippen molar-refractivity contribution in [2.45, 2.75) is 0 Å². The lowest BCUT2D eigenvalue weighted by molar-refractivity contribution is 0.0227. The van der Waals surface area contributed by atoms with E-state index in [1.165, 1.54) is 5.56 Å². The van der Waals surface area contributed by atoms with Gasteiger partial charge in [0.2, 0.25) is 0 Å². The highest BCUT2D eigenvalue weighted by Gasteiger charge is 2.24. The van der Waals surface area contributed by atoms with E-state index in [0.717, 1.165) is 5.39 Å². The quantitative estimate of drug-likeness (QED) is 0.609. The van der Waals surface area contributed by atoms with Crippen molar-refractivity contribution in [3.8, 4) is 0 Å². The third-order valence-electron chi connectivity index (χ3n) is 3.94. The normalized spacial score (nSPS) is 13.2. The average molecular weight is 346 g/mol. The highest BCUT2D eigenvalue weighted by molar-refractivity contribution is 6.12. The number of cyclic esters (lactones) is 2. The fraction of sp³-hybridized carbons (Fsp3) is 0.0909. The number of hydrogen-bond acceptors (Lipinski definition) is 4. The SMILES string of the molecule is C=Cc1ccccc1.O=C1OCCOC(=O)c2c1ccc1ccccc21. The largest absolute Gasteiger partial charge is 0.458 e. The number of carbonyl (C=O) groups is 2. The summed E-state index contributed by atoms with van der Waals surface area (Å²) in [7, 11) is 0. The number of hydrogen-bond donors (Lipinski definition) is 0. The lowest BCUT2D eigenvalue weighted by Gasteiger charge is -2.15. The summed E-state index contributed by atoms with van der Waals surface area (Å²) < 4.78 is 10.0. The van der Waals surface area contributed by atoms with Gasteiger partial charge in [0.15, 0.2) is 0 Å². The lowest BCUT2D eigenvalue weighted by Crippen LogP contribution is -2.21. The molecule has 1 aliphatic rings. The molecule has 0 fully saturated rings. The minimum Gasteiger partial charge on any atom is -0.458 e. The molecule has 130 valence electrons. The molecule has 4 nitrogen and oxygen atoms in total. The maximum Gasteiger partial charge on any atom is 0.339 e. The van der Waals surface area contributed by atoms with Crippen LogP contribution in [0.1, 0.15) is 26.3 Å². The molecule has 0 amide bonds. The molecule has 26 heavy (non-hydrogen) atoms. The predicted molar refractivity (Wildman–Crippen MR) is 101 cm³/mol. The predicted octanol–water partition coefficient (Wildman–Crippen LogP) is 4.50. The number of fused-ring (bicyclic) bond motifs is 3. The van der Waals surface area contributed by atoms with Gasteiger partial charge in [-0.15, -0.1) is 0 Å². The second kappa shape index (κ2) is 8.12. The van der Waals surface area contributed by atoms with Crippen LogP contribution in [0.4, 0.5) is 0 Å². The van der Waals surface area contributed by atoms with Crippen LogP contribution in [0.25, 0.3) is 16.8 Å². The Morgan fingerprint density at radius 2 is 1.42 bits per heavy atom. The Morgan fingerprint density at radius 3 is 2.12 bits per heavy atom. The summed E-state index contributed by atoms with van der Waals surface area (Å²) in [5.74, 6) is -0.953. The summed E-state index contributed by atoms with van der Waals surface area (Å²) in [6, 6.07) is 20.8. The van der Waals surface area contributed by atoms with Gasteiger partial charge < -0.3 is 9.47 Å². The van der Waals surface area contributed by atoms with Gasteiger partial charge in [-0.3, -0.25) is 0 Å². The van der Waals surface area contributed by atoms with Gasteiger partial charge in [0, 0.05) is 0 Å². The van der Waals surface area contributed by atoms with Gasteiger partial charge in [-0.05, 0) is 22.4 Å². The standard InChI is InChI=1S/C14H10O4.C8H8/c15-13-11-6-5-9-3-1-2-4-10(9)12(11)14(16)18-8-7-17-13;1-2-8-6-4-3-5-7-8/h1-6H,7-8H2;2-7H,1H2. The number of carbonyl (C=O) groups excluding carboxylic acids is 2. The minimum absolute atomic E-state index is 0.0905. The highest BCUT2D eigenvalue weighted by atomic mass is 16.6. The van der Waals surface area contributed by atoms with Crippen LogP contribution in [0.15, 0.2) is 73.3 Å². The molecule has 0 saturated heterocycles. The third kappa shape index (κ3) is 3.81. The fourth-order valence-electron chi connectivity index (χ4n) is 2.67. The van der Waals surface area contributed by atoms with Gasteiger partial charge in [-0.1, -0.05) is 73.3 Å². The summed E-state index contributed by atoms with van der Waals surface area (Å²) in [5, 5.41) is 1.60. The van der Waals surface area contributed by atoms with E-state index in [1.807, 2.05) is 54.6 Å². The molecule has 0 aliphatic carbocycles. The van der Waals surface area contributed by atoms with Crippen LogP contribution >= 0.6 is 0 Å². The first kappa shape index (κ1) is 17.4. The molecule has 1 heterocycles. The zero-order valence-corrected chi connectivity index (χ0v) is 14.2. The first-order valence-electron chi connectivity index (χ1n) is 8.24.